The number of thiocarbonyl (C=S) groups is 1. The highest BCUT2D eigenvalue weighted by Gasteiger charge is 2.21. The summed E-state index contributed by atoms with van der Waals surface area (Å²) in [5.74, 6) is 0. The first-order valence-electron chi connectivity index (χ1n) is 7.34. The standard InChI is InChI=1S/C14H19ClN4O2S/c1-2-18-7-5-10(6-8-18)16-14(22)17-13-9-11(19(20)21)3-4-12(13)15/h3-4,9-10H,2,5-8H2,1H3,(H2,16,17,22)/p+1. The predicted octanol–water partition coefficient (Wildman–Crippen LogP) is 1.60. The number of hydrogen-bond donors (Lipinski definition) is 3. The number of quaternary nitrogens is 1. The van der Waals surface area contributed by atoms with Crippen molar-refractivity contribution < 1.29 is 9.82 Å². The van der Waals surface area contributed by atoms with E-state index in [4.69, 9.17) is 23.8 Å². The molecule has 1 fully saturated rings. The van der Waals surface area contributed by atoms with Gasteiger partial charge in [0.2, 0.25) is 0 Å². The topological polar surface area (TPSA) is 71.6 Å². The third-order valence-corrected chi connectivity index (χ3v) is 4.49. The van der Waals surface area contributed by atoms with Crippen molar-refractivity contribution in [1.82, 2.24) is 5.32 Å². The van der Waals surface area contributed by atoms with Crippen molar-refractivity contribution in [2.75, 3.05) is 25.0 Å². The number of anilines is 1. The molecule has 6 nitrogen and oxygen atoms in total. The first kappa shape index (κ1) is 16.9. The summed E-state index contributed by atoms with van der Waals surface area (Å²) in [6, 6.07) is 4.59. The van der Waals surface area contributed by atoms with Crippen LogP contribution in [-0.4, -0.2) is 35.7 Å². The van der Waals surface area contributed by atoms with E-state index in [2.05, 4.69) is 17.6 Å². The van der Waals surface area contributed by atoms with Crippen molar-refractivity contribution in [2.24, 2.45) is 0 Å². The Labute approximate surface area is 140 Å². The van der Waals surface area contributed by atoms with E-state index < -0.39 is 4.92 Å². The quantitative estimate of drug-likeness (QED) is 0.440. The van der Waals surface area contributed by atoms with E-state index in [9.17, 15) is 10.1 Å². The van der Waals surface area contributed by atoms with Crippen LogP contribution in [0, 0.1) is 10.1 Å². The molecule has 3 N–H and O–H groups in total. The van der Waals surface area contributed by atoms with Crippen molar-refractivity contribution in [3.63, 3.8) is 0 Å². The number of hydrogen-bond acceptors (Lipinski definition) is 3. The number of nitro groups is 1. The van der Waals surface area contributed by atoms with Crippen LogP contribution in [0.2, 0.25) is 5.02 Å². The molecule has 1 saturated heterocycles. The monoisotopic (exact) mass is 343 g/mol. The summed E-state index contributed by atoms with van der Waals surface area (Å²) in [7, 11) is 0. The Morgan fingerprint density at radius 3 is 2.77 bits per heavy atom. The molecule has 0 radical (unpaired) electrons. The Hall–Kier alpha value is -1.44. The van der Waals surface area contributed by atoms with Crippen LogP contribution in [-0.2, 0) is 0 Å². The summed E-state index contributed by atoms with van der Waals surface area (Å²) < 4.78 is 0. The molecule has 1 aromatic rings. The fraction of sp³-hybridized carbons (Fsp3) is 0.500. The smallest absolute Gasteiger partial charge is 0.271 e. The predicted molar refractivity (Wildman–Crippen MR) is 91.7 cm³/mol. The van der Waals surface area contributed by atoms with Crippen molar-refractivity contribution in [3.05, 3.63) is 33.3 Å². The van der Waals surface area contributed by atoms with E-state index in [0.717, 1.165) is 32.5 Å². The maximum Gasteiger partial charge on any atom is 0.271 e. The molecule has 0 atom stereocenters. The number of halogens is 1. The van der Waals surface area contributed by atoms with Crippen molar-refractivity contribution in [1.29, 1.82) is 0 Å². The number of nitrogens with zero attached hydrogens (tertiary/aromatic N) is 1. The number of rotatable bonds is 4. The molecule has 0 aliphatic carbocycles. The average molecular weight is 344 g/mol. The Balaban J connectivity index is 1.92. The lowest BCUT2D eigenvalue weighted by Gasteiger charge is -2.29. The Bertz CT molecular complexity index is 562. The second-order valence-corrected chi connectivity index (χ2v) is 6.21. The second kappa shape index (κ2) is 7.71. The minimum Gasteiger partial charge on any atom is -0.359 e. The summed E-state index contributed by atoms with van der Waals surface area (Å²) in [4.78, 5) is 12.0. The van der Waals surface area contributed by atoms with E-state index in [0.29, 0.717) is 21.9 Å². The maximum atomic E-state index is 10.8. The fourth-order valence-corrected chi connectivity index (χ4v) is 3.03. The van der Waals surface area contributed by atoms with Gasteiger partial charge in [-0.25, -0.2) is 0 Å². The molecule has 8 heteroatoms. The number of likely N-dealkylation sites (tertiary alicyclic amines) is 1. The summed E-state index contributed by atoms with van der Waals surface area (Å²) in [6.45, 7) is 5.61. The van der Waals surface area contributed by atoms with Crippen LogP contribution in [0.1, 0.15) is 19.8 Å². The zero-order chi connectivity index (χ0) is 16.1. The SMILES string of the molecule is CC[NH+]1CCC(NC(=S)Nc2cc([N+](=O)[O-])ccc2Cl)CC1. The summed E-state index contributed by atoms with van der Waals surface area (Å²) in [5.41, 5.74) is 0.430. The van der Waals surface area contributed by atoms with Gasteiger partial charge in [0.05, 0.1) is 35.3 Å². The van der Waals surface area contributed by atoms with E-state index in [1.165, 1.54) is 18.2 Å². The number of nitro benzene ring substituents is 1. The van der Waals surface area contributed by atoms with E-state index in [-0.39, 0.29) is 5.69 Å². The molecule has 1 heterocycles. The molecule has 1 aliphatic heterocycles. The van der Waals surface area contributed by atoms with Crippen LogP contribution in [0.3, 0.4) is 0 Å². The van der Waals surface area contributed by atoms with Crippen LogP contribution in [0.25, 0.3) is 0 Å². The van der Waals surface area contributed by atoms with Gasteiger partial charge in [-0.3, -0.25) is 10.1 Å². The van der Waals surface area contributed by atoms with Gasteiger partial charge in [0.1, 0.15) is 0 Å². The van der Waals surface area contributed by atoms with E-state index >= 15 is 0 Å². The van der Waals surface area contributed by atoms with Gasteiger partial charge >= 0.3 is 0 Å². The zero-order valence-electron chi connectivity index (χ0n) is 12.4. The minimum atomic E-state index is -0.457. The second-order valence-electron chi connectivity index (χ2n) is 5.40. The molecule has 0 spiro atoms. The molecule has 22 heavy (non-hydrogen) atoms. The molecule has 0 bridgehead atoms. The Morgan fingerprint density at radius 1 is 1.50 bits per heavy atom. The van der Waals surface area contributed by atoms with Gasteiger partial charge in [0, 0.05) is 31.0 Å². The number of piperidine rings is 1. The lowest BCUT2D eigenvalue weighted by Crippen LogP contribution is -3.13. The largest absolute Gasteiger partial charge is 0.359 e. The van der Waals surface area contributed by atoms with Gasteiger partial charge in [-0.05, 0) is 25.2 Å². The highest BCUT2D eigenvalue weighted by atomic mass is 35.5. The molecule has 1 aromatic carbocycles. The van der Waals surface area contributed by atoms with Crippen LogP contribution in [0.15, 0.2) is 18.2 Å². The highest BCUT2D eigenvalue weighted by molar-refractivity contribution is 7.80. The third-order valence-electron chi connectivity index (χ3n) is 3.94. The fourth-order valence-electron chi connectivity index (χ4n) is 2.59. The van der Waals surface area contributed by atoms with Crippen molar-refractivity contribution >= 4 is 40.3 Å². The van der Waals surface area contributed by atoms with Crippen LogP contribution in [0.4, 0.5) is 11.4 Å². The number of benzene rings is 1. The van der Waals surface area contributed by atoms with Gasteiger partial charge in [0.15, 0.2) is 5.11 Å². The molecular weight excluding hydrogens is 324 g/mol. The van der Waals surface area contributed by atoms with Gasteiger partial charge in [0.25, 0.3) is 5.69 Å². The Morgan fingerprint density at radius 2 is 2.18 bits per heavy atom. The third kappa shape index (κ3) is 4.53. The molecule has 1 aliphatic rings. The molecule has 2 rings (SSSR count). The number of non-ortho nitro benzene ring substituents is 1. The van der Waals surface area contributed by atoms with Crippen LogP contribution >= 0.6 is 23.8 Å². The summed E-state index contributed by atoms with van der Waals surface area (Å²) in [6.07, 6.45) is 2.13. The van der Waals surface area contributed by atoms with Crippen LogP contribution < -0.4 is 15.5 Å². The summed E-state index contributed by atoms with van der Waals surface area (Å²) in [5, 5.41) is 17.9. The maximum absolute atomic E-state index is 10.8. The van der Waals surface area contributed by atoms with Crippen LogP contribution in [0.5, 0.6) is 0 Å². The average Bonchev–Trinajstić information content (AvgIpc) is 2.50. The lowest BCUT2D eigenvalue weighted by atomic mass is 10.1. The molecule has 0 aromatic heterocycles. The molecule has 0 unspecified atom stereocenters. The highest BCUT2D eigenvalue weighted by Crippen LogP contribution is 2.26. The normalized spacial score (nSPS) is 21.2. The van der Waals surface area contributed by atoms with Gasteiger partial charge in [-0.1, -0.05) is 11.6 Å². The first-order chi connectivity index (χ1) is 10.5. The minimum absolute atomic E-state index is 0.0189. The zero-order valence-corrected chi connectivity index (χ0v) is 14.0. The van der Waals surface area contributed by atoms with Crippen molar-refractivity contribution in [3.8, 4) is 0 Å². The molecular formula is C14H20ClN4O2S+. The molecule has 0 saturated carbocycles. The number of nitrogens with one attached hydrogen (secondary N) is 3. The first-order valence-corrected chi connectivity index (χ1v) is 8.13. The van der Waals surface area contributed by atoms with Crippen molar-refractivity contribution in [2.45, 2.75) is 25.8 Å². The molecule has 120 valence electrons. The Kier molecular flexibility index (Phi) is 5.93. The van der Waals surface area contributed by atoms with Gasteiger partial charge in [-0.2, -0.15) is 0 Å². The lowest BCUT2D eigenvalue weighted by molar-refractivity contribution is -0.903. The van der Waals surface area contributed by atoms with Gasteiger partial charge in [-0.15, -0.1) is 0 Å². The van der Waals surface area contributed by atoms with E-state index in [1.54, 1.807) is 4.90 Å². The van der Waals surface area contributed by atoms with Gasteiger partial charge < -0.3 is 15.5 Å². The van der Waals surface area contributed by atoms with E-state index in [1.807, 2.05) is 0 Å². The summed E-state index contributed by atoms with van der Waals surface area (Å²) >= 11 is 11.3. The molecule has 0 amide bonds.